The van der Waals surface area contributed by atoms with E-state index in [-0.39, 0.29) is 30.6 Å². The predicted molar refractivity (Wildman–Crippen MR) is 41.7 cm³/mol. The van der Waals surface area contributed by atoms with Crippen molar-refractivity contribution in [1.29, 1.82) is 0 Å². The average Bonchev–Trinajstić information content (AvgIpc) is 1.56. The van der Waals surface area contributed by atoms with Crippen molar-refractivity contribution < 1.29 is 32.9 Å². The first-order chi connectivity index (χ1) is 4.67. The number of carbonyl (C=O) groups excluding carboxylic acids is 1. The van der Waals surface area contributed by atoms with E-state index in [9.17, 15) is 9.90 Å². The zero-order valence-electron chi connectivity index (χ0n) is 8.42. The topological polar surface area (TPSA) is 40.1 Å². The van der Waals surface area contributed by atoms with Crippen molar-refractivity contribution in [2.24, 2.45) is 0 Å². The Hall–Kier alpha value is 0.0144. The average molecular weight is 210 g/mol. The van der Waals surface area contributed by atoms with Gasteiger partial charge in [0.05, 0.1) is 25.6 Å². The Bertz CT molecular complexity index is 161. The molecule has 0 amide bonds. The summed E-state index contributed by atoms with van der Waals surface area (Å²) in [4.78, 5) is 10.3. The summed E-state index contributed by atoms with van der Waals surface area (Å²) in [6.07, 6.45) is 0. The number of nitrogens with zero attached hydrogens (tertiary/aromatic N) is 1. The quantitative estimate of drug-likeness (QED) is 0.582. The van der Waals surface area contributed by atoms with Gasteiger partial charge in [0.2, 0.25) is 0 Å². The number of rotatable bonds is 2. The number of quaternary nitrogens is 1. The fourth-order valence-corrected chi connectivity index (χ4v) is 0.560. The number of likely N-dealkylation sites (N-methyl/N-ethyl adjacent to an activating group) is 1. The van der Waals surface area contributed by atoms with Gasteiger partial charge < -0.3 is 14.4 Å². The minimum atomic E-state index is -0.995. The third-order valence-corrected chi connectivity index (χ3v) is 2.34. The Kier molecular flexibility index (Phi) is 5.22. The van der Waals surface area contributed by atoms with E-state index >= 15 is 0 Å². The van der Waals surface area contributed by atoms with Gasteiger partial charge in [-0.3, -0.25) is 0 Å². The van der Waals surface area contributed by atoms with Crippen LogP contribution in [0.2, 0.25) is 0 Å². The van der Waals surface area contributed by atoms with Crippen LogP contribution >= 0.6 is 0 Å². The molecule has 0 atom stereocenters. The van der Waals surface area contributed by atoms with Crippen LogP contribution in [0.1, 0.15) is 20.8 Å². The van der Waals surface area contributed by atoms with E-state index in [1.165, 1.54) is 0 Å². The molecule has 4 heteroatoms. The Morgan fingerprint density at radius 2 is 1.67 bits per heavy atom. The molecule has 0 rings (SSSR count). The molecule has 0 N–H and O–H groups in total. The summed E-state index contributed by atoms with van der Waals surface area (Å²) in [6.45, 7) is 6.09. The zero-order valence-corrected chi connectivity index (χ0v) is 9.81. The van der Waals surface area contributed by atoms with Gasteiger partial charge in [-0.05, 0) is 20.8 Å². The van der Waals surface area contributed by atoms with Crippen LogP contribution in [0.25, 0.3) is 0 Å². The molecule has 3 nitrogen and oxygen atoms in total. The summed E-state index contributed by atoms with van der Waals surface area (Å²) in [7, 11) is 3.77. The van der Waals surface area contributed by atoms with E-state index in [1.54, 1.807) is 0 Å². The minimum Gasteiger partial charge on any atom is -0.544 e. The fourth-order valence-electron chi connectivity index (χ4n) is 0.560. The van der Waals surface area contributed by atoms with Crippen molar-refractivity contribution in [3.8, 4) is 0 Å². The van der Waals surface area contributed by atoms with Crippen LogP contribution in [-0.4, -0.2) is 36.6 Å². The van der Waals surface area contributed by atoms with Gasteiger partial charge in [-0.15, -0.1) is 0 Å². The smallest absolute Gasteiger partial charge is 0.119 e. The number of carboxylic acids is 1. The summed E-state index contributed by atoms with van der Waals surface area (Å²) < 4.78 is 0.440. The molecule has 12 heavy (non-hydrogen) atoms. The standard InChI is InChI=1S/C8H17NO2.V/c1-8(2,3)9(4,5)6-7(10)11;/h6H2,1-5H3;. The van der Waals surface area contributed by atoms with Crippen LogP contribution in [-0.2, 0) is 23.4 Å². The Morgan fingerprint density at radius 3 is 1.75 bits per heavy atom. The van der Waals surface area contributed by atoms with E-state index in [4.69, 9.17) is 0 Å². The van der Waals surface area contributed by atoms with E-state index < -0.39 is 5.97 Å². The number of aliphatic carboxylic acids is 1. The van der Waals surface area contributed by atoms with Crippen molar-refractivity contribution in [3.05, 3.63) is 0 Å². The van der Waals surface area contributed by atoms with Gasteiger partial charge in [0.1, 0.15) is 6.54 Å². The van der Waals surface area contributed by atoms with Crippen LogP contribution in [0.5, 0.6) is 0 Å². The molecule has 0 fully saturated rings. The molecule has 0 saturated carbocycles. The molecule has 71 valence electrons. The maximum atomic E-state index is 10.3. The van der Waals surface area contributed by atoms with Crippen molar-refractivity contribution >= 4 is 5.97 Å². The van der Waals surface area contributed by atoms with Crippen molar-refractivity contribution in [1.82, 2.24) is 0 Å². The monoisotopic (exact) mass is 210 g/mol. The van der Waals surface area contributed by atoms with Crippen molar-refractivity contribution in [3.63, 3.8) is 0 Å². The van der Waals surface area contributed by atoms with Gasteiger partial charge in [0.15, 0.2) is 0 Å². The third kappa shape index (κ3) is 4.14. The Morgan fingerprint density at radius 1 is 1.33 bits per heavy atom. The van der Waals surface area contributed by atoms with Gasteiger partial charge in [-0.25, -0.2) is 0 Å². The van der Waals surface area contributed by atoms with Crippen LogP contribution < -0.4 is 5.11 Å². The van der Waals surface area contributed by atoms with Crippen molar-refractivity contribution in [2.45, 2.75) is 26.3 Å². The van der Waals surface area contributed by atoms with Gasteiger partial charge >= 0.3 is 0 Å². The molecule has 0 aromatic rings. The molecule has 0 aliphatic rings. The summed E-state index contributed by atoms with van der Waals surface area (Å²) >= 11 is 0. The molecular weight excluding hydrogens is 193 g/mol. The molecule has 0 aliphatic carbocycles. The fraction of sp³-hybridized carbons (Fsp3) is 0.875. The van der Waals surface area contributed by atoms with E-state index in [0.717, 1.165) is 0 Å². The number of carbonyl (C=O) groups is 1. The SMILES string of the molecule is CC(C)(C)[N+](C)(C)CC(=O)[O-].[V]. The van der Waals surface area contributed by atoms with Gasteiger partial charge in [-0.1, -0.05) is 0 Å². The van der Waals surface area contributed by atoms with Gasteiger partial charge in [0, 0.05) is 18.6 Å². The second-order valence-electron chi connectivity index (χ2n) is 4.39. The second-order valence-corrected chi connectivity index (χ2v) is 4.39. The summed E-state index contributed by atoms with van der Waals surface area (Å²) in [5.41, 5.74) is -0.0555. The maximum absolute atomic E-state index is 10.3. The van der Waals surface area contributed by atoms with E-state index in [0.29, 0.717) is 4.48 Å². The first-order valence-electron chi connectivity index (χ1n) is 3.70. The molecule has 0 spiro atoms. The first-order valence-corrected chi connectivity index (χ1v) is 3.70. The minimum absolute atomic E-state index is 0. The third-order valence-electron chi connectivity index (χ3n) is 2.34. The first kappa shape index (κ1) is 14.5. The molecule has 1 radical (unpaired) electrons. The van der Waals surface area contributed by atoms with Crippen LogP contribution in [0.4, 0.5) is 0 Å². The molecule has 0 aromatic carbocycles. The number of hydrogen-bond acceptors (Lipinski definition) is 2. The van der Waals surface area contributed by atoms with Crippen LogP contribution in [0.3, 0.4) is 0 Å². The van der Waals surface area contributed by atoms with Crippen LogP contribution in [0.15, 0.2) is 0 Å². The molecule has 0 saturated heterocycles. The van der Waals surface area contributed by atoms with E-state index in [2.05, 4.69) is 0 Å². The van der Waals surface area contributed by atoms with E-state index in [1.807, 2.05) is 34.9 Å². The van der Waals surface area contributed by atoms with Gasteiger partial charge in [-0.2, -0.15) is 0 Å². The zero-order chi connectivity index (χ0) is 9.28. The largest absolute Gasteiger partial charge is 0.544 e. The van der Waals surface area contributed by atoms with Gasteiger partial charge in [0.25, 0.3) is 0 Å². The molecule has 0 aromatic heterocycles. The molecular formula is C8H17NO2V. The second kappa shape index (κ2) is 4.31. The summed E-state index contributed by atoms with van der Waals surface area (Å²) in [5, 5.41) is 10.3. The molecule has 0 heterocycles. The molecule has 0 aliphatic heterocycles. The Labute approximate surface area is 86.2 Å². The Balaban J connectivity index is 0. The van der Waals surface area contributed by atoms with Crippen molar-refractivity contribution in [2.75, 3.05) is 20.6 Å². The number of carboxylic acid groups (broad SMARTS) is 1. The predicted octanol–water partition coefficient (Wildman–Crippen LogP) is -0.391. The normalized spacial score (nSPS) is 12.1. The molecule has 0 unspecified atom stereocenters. The van der Waals surface area contributed by atoms with Crippen LogP contribution in [0, 0.1) is 0 Å². The molecule has 0 bridgehead atoms. The summed E-state index contributed by atoms with van der Waals surface area (Å²) in [6, 6.07) is 0. The maximum Gasteiger partial charge on any atom is 0.119 e. The summed E-state index contributed by atoms with van der Waals surface area (Å²) in [5.74, 6) is -0.995. The number of hydrogen-bond donors (Lipinski definition) is 0.